The third kappa shape index (κ3) is 5.79. The molecule has 8 N–H and O–H groups in total. The van der Waals surface area contributed by atoms with E-state index < -0.39 is 102 Å². The lowest BCUT2D eigenvalue weighted by atomic mass is 9.94. The van der Waals surface area contributed by atoms with Gasteiger partial charge in [-0.25, -0.2) is 13.6 Å². The van der Waals surface area contributed by atoms with Crippen LogP contribution in [-0.4, -0.2) is 85.2 Å². The number of hydrogen-bond acceptors (Lipinski definition) is 11. The molecule has 1 aromatic carbocycles. The number of benzene rings is 1. The Balaban J connectivity index is 1.55. The van der Waals surface area contributed by atoms with Crippen LogP contribution in [0.2, 0.25) is 0 Å². The molecule has 8 atom stereocenters. The first-order valence-electron chi connectivity index (χ1n) is 11.6. The normalized spacial score (nSPS) is 28.9. The van der Waals surface area contributed by atoms with E-state index in [1.807, 2.05) is 4.98 Å². The molecule has 15 nitrogen and oxygen atoms in total. The van der Waals surface area contributed by atoms with Crippen molar-refractivity contribution in [3.05, 3.63) is 74.8 Å². The number of aliphatic hydroxyl groups excluding tert-OH is 4. The minimum Gasteiger partial charge on any atom is -0.456 e. The van der Waals surface area contributed by atoms with E-state index in [1.54, 1.807) is 0 Å². The van der Waals surface area contributed by atoms with Gasteiger partial charge in [-0.15, -0.1) is 0 Å². The molecule has 0 radical (unpaired) electrons. The van der Waals surface area contributed by atoms with Gasteiger partial charge in [-0.1, -0.05) is 0 Å². The van der Waals surface area contributed by atoms with E-state index in [1.165, 1.54) is 0 Å². The molecule has 0 saturated carbocycles. The highest BCUT2D eigenvalue weighted by Gasteiger charge is 2.51. The van der Waals surface area contributed by atoms with Crippen molar-refractivity contribution in [1.29, 1.82) is 0 Å². The maximum Gasteiger partial charge on any atom is 0.330 e. The minimum atomic E-state index is -1.97. The zero-order chi connectivity index (χ0) is 29.3. The fraction of sp³-hybridized carbons (Fsp3) is 0.391. The number of aliphatic hydroxyl groups is 4. The van der Waals surface area contributed by atoms with Crippen molar-refractivity contribution < 1.29 is 53.0 Å². The molecule has 0 unspecified atom stereocenters. The van der Waals surface area contributed by atoms with Crippen LogP contribution in [0.1, 0.15) is 6.23 Å². The molecule has 1 saturated heterocycles. The first kappa shape index (κ1) is 29.0. The SMILES string of the molecule is NC(=O)[C@H](O[C@H]1OC(C(=O)Nc2ccc(F)cc2F)=C[C@H](O)[C@@H]1O)[C@H]1O[C@@H](n2ccc(=O)[nH]c2=O)[C@H](O)[C@@H]1CO. The van der Waals surface area contributed by atoms with Crippen molar-refractivity contribution in [2.24, 2.45) is 11.7 Å². The molecule has 2 amide bonds. The van der Waals surface area contributed by atoms with Crippen molar-refractivity contribution in [3.63, 3.8) is 0 Å². The number of aromatic amines is 1. The standard InChI is InChI=1S/C23H24F2N4O11/c24-8-1-2-11(10(25)5-8)27-20(36)13-6-12(31)16(34)22(38-13)40-18(19(26)35)17-9(7-30)15(33)21(39-17)29-4-3-14(32)28-23(29)37/h1-6,9,12,15-18,21-22,30-31,33-34H,7H2,(H2,26,35)(H,27,36)(H,28,32,37)/t9-,12-,15+,16-,17-,18+,21+,22+/m0/s1. The fourth-order valence-corrected chi connectivity index (χ4v) is 4.23. The van der Waals surface area contributed by atoms with Crippen LogP contribution in [0.5, 0.6) is 0 Å². The van der Waals surface area contributed by atoms with Crippen LogP contribution in [0.4, 0.5) is 14.5 Å². The summed E-state index contributed by atoms with van der Waals surface area (Å²) < 4.78 is 44.3. The lowest BCUT2D eigenvalue weighted by molar-refractivity contribution is -0.239. The molecule has 2 aliphatic heterocycles. The van der Waals surface area contributed by atoms with Gasteiger partial charge in [-0.3, -0.25) is 23.9 Å². The van der Waals surface area contributed by atoms with E-state index in [0.29, 0.717) is 6.07 Å². The van der Waals surface area contributed by atoms with E-state index >= 15 is 0 Å². The monoisotopic (exact) mass is 570 g/mol. The Kier molecular flexibility index (Phi) is 8.43. The predicted octanol–water partition coefficient (Wildman–Crippen LogP) is -2.85. The minimum absolute atomic E-state index is 0.438. The highest BCUT2D eigenvalue weighted by molar-refractivity contribution is 6.02. The summed E-state index contributed by atoms with van der Waals surface area (Å²) in [5.74, 6) is -6.38. The number of amides is 2. The zero-order valence-electron chi connectivity index (χ0n) is 20.2. The van der Waals surface area contributed by atoms with Crippen molar-refractivity contribution in [2.75, 3.05) is 11.9 Å². The average Bonchev–Trinajstić information content (AvgIpc) is 3.21. The van der Waals surface area contributed by atoms with E-state index in [-0.39, 0.29) is 0 Å². The summed E-state index contributed by atoms with van der Waals surface area (Å²) in [5.41, 5.74) is 3.30. The average molecular weight is 570 g/mol. The Morgan fingerprint density at radius 2 is 1.90 bits per heavy atom. The molecular formula is C23H24F2N4O11. The molecule has 4 rings (SSSR count). The van der Waals surface area contributed by atoms with Gasteiger partial charge in [0.25, 0.3) is 11.5 Å². The van der Waals surface area contributed by atoms with Gasteiger partial charge in [-0.05, 0) is 18.2 Å². The lowest BCUT2D eigenvalue weighted by Crippen LogP contribution is -2.52. The summed E-state index contributed by atoms with van der Waals surface area (Å²) in [6.45, 7) is -0.804. The summed E-state index contributed by atoms with van der Waals surface area (Å²) in [7, 11) is 0. The molecule has 216 valence electrons. The van der Waals surface area contributed by atoms with Gasteiger partial charge in [0.1, 0.15) is 36.1 Å². The number of anilines is 1. The van der Waals surface area contributed by atoms with Gasteiger partial charge < -0.3 is 45.7 Å². The smallest absolute Gasteiger partial charge is 0.330 e. The molecule has 40 heavy (non-hydrogen) atoms. The second kappa shape index (κ2) is 11.6. The number of nitrogens with one attached hydrogen (secondary N) is 2. The number of halogens is 2. The van der Waals surface area contributed by atoms with Crippen LogP contribution in [0, 0.1) is 17.6 Å². The Morgan fingerprint density at radius 3 is 2.52 bits per heavy atom. The second-order valence-electron chi connectivity index (χ2n) is 8.88. The topological polar surface area (TPSA) is 236 Å². The predicted molar refractivity (Wildman–Crippen MR) is 126 cm³/mol. The van der Waals surface area contributed by atoms with Crippen LogP contribution in [0.15, 0.2) is 51.9 Å². The zero-order valence-corrected chi connectivity index (χ0v) is 20.2. The number of nitrogens with two attached hydrogens (primary N) is 1. The van der Waals surface area contributed by atoms with Gasteiger partial charge in [0.15, 0.2) is 18.1 Å². The quantitative estimate of drug-likeness (QED) is 0.171. The number of aromatic nitrogens is 2. The van der Waals surface area contributed by atoms with Crippen molar-refractivity contribution in [3.8, 4) is 0 Å². The Labute approximate surface area is 222 Å². The van der Waals surface area contributed by atoms with Crippen molar-refractivity contribution in [1.82, 2.24) is 9.55 Å². The number of primary amides is 1. The fourth-order valence-electron chi connectivity index (χ4n) is 4.23. The van der Waals surface area contributed by atoms with Gasteiger partial charge in [0, 0.05) is 24.2 Å². The molecular weight excluding hydrogens is 546 g/mol. The van der Waals surface area contributed by atoms with Crippen molar-refractivity contribution in [2.45, 2.75) is 43.0 Å². The largest absolute Gasteiger partial charge is 0.456 e. The van der Waals surface area contributed by atoms with E-state index in [0.717, 1.165) is 35.0 Å². The van der Waals surface area contributed by atoms with Gasteiger partial charge >= 0.3 is 5.69 Å². The van der Waals surface area contributed by atoms with E-state index in [4.69, 9.17) is 19.9 Å². The summed E-state index contributed by atoms with van der Waals surface area (Å²) >= 11 is 0. The summed E-state index contributed by atoms with van der Waals surface area (Å²) in [6, 6.07) is 3.27. The van der Waals surface area contributed by atoms with E-state index in [9.17, 15) is 48.4 Å². The Morgan fingerprint density at radius 1 is 1.18 bits per heavy atom. The molecule has 3 heterocycles. The van der Waals surface area contributed by atoms with Crippen LogP contribution in [-0.2, 0) is 23.8 Å². The van der Waals surface area contributed by atoms with Gasteiger partial charge in [0.2, 0.25) is 12.2 Å². The van der Waals surface area contributed by atoms with Crippen molar-refractivity contribution >= 4 is 17.5 Å². The summed E-state index contributed by atoms with van der Waals surface area (Å²) in [5, 5.41) is 43.3. The maximum absolute atomic E-state index is 14.0. The maximum atomic E-state index is 14.0. The molecule has 0 spiro atoms. The number of carbonyl (C=O) groups excluding carboxylic acids is 2. The van der Waals surface area contributed by atoms with Gasteiger partial charge in [0.05, 0.1) is 12.3 Å². The lowest BCUT2D eigenvalue weighted by Gasteiger charge is -2.35. The molecule has 0 bridgehead atoms. The molecule has 1 aromatic heterocycles. The molecule has 17 heteroatoms. The summed E-state index contributed by atoms with van der Waals surface area (Å²) in [6.07, 6.45) is -10.5. The van der Waals surface area contributed by atoms with Crippen LogP contribution >= 0.6 is 0 Å². The highest BCUT2D eigenvalue weighted by atomic mass is 19.1. The third-order valence-electron chi connectivity index (χ3n) is 6.24. The Bertz CT molecular complexity index is 1430. The summed E-state index contributed by atoms with van der Waals surface area (Å²) in [4.78, 5) is 50.5. The van der Waals surface area contributed by atoms with Crippen LogP contribution < -0.4 is 22.3 Å². The van der Waals surface area contributed by atoms with Gasteiger partial charge in [-0.2, -0.15) is 0 Å². The van der Waals surface area contributed by atoms with Crippen LogP contribution in [0.25, 0.3) is 0 Å². The molecule has 2 aromatic rings. The van der Waals surface area contributed by atoms with E-state index in [2.05, 4.69) is 5.32 Å². The number of nitrogens with zero attached hydrogens (tertiary/aromatic N) is 1. The third-order valence-corrected chi connectivity index (χ3v) is 6.24. The molecule has 0 aliphatic carbocycles. The molecule has 1 fully saturated rings. The second-order valence-corrected chi connectivity index (χ2v) is 8.88. The number of H-pyrrole nitrogens is 1. The molecule has 2 aliphatic rings. The first-order chi connectivity index (χ1) is 18.9. The number of rotatable bonds is 8. The number of ether oxygens (including phenoxy) is 3. The van der Waals surface area contributed by atoms with Crippen LogP contribution in [0.3, 0.4) is 0 Å². The number of carbonyl (C=O) groups is 2. The highest BCUT2D eigenvalue weighted by Crippen LogP contribution is 2.36. The first-order valence-corrected chi connectivity index (χ1v) is 11.6. The Hall–Kier alpha value is -4.00. The number of hydrogen-bond donors (Lipinski definition) is 7.